The quantitative estimate of drug-likeness (QED) is 0.750. The van der Waals surface area contributed by atoms with Gasteiger partial charge in [0.2, 0.25) is 11.8 Å². The molecule has 0 fully saturated rings. The number of carbonyl (C=O) groups is 2. The van der Waals surface area contributed by atoms with Crippen LogP contribution >= 0.6 is 12.4 Å². The molecule has 0 heterocycles. The van der Waals surface area contributed by atoms with Crippen molar-refractivity contribution >= 4 is 24.2 Å². The predicted molar refractivity (Wildman–Crippen MR) is 89.4 cm³/mol. The summed E-state index contributed by atoms with van der Waals surface area (Å²) in [5, 5.41) is 2.67. The number of hydrogen-bond donors (Lipinski definition) is 2. The SMILES string of the molecule is CC(C)C(N)CCN(C)C(=O)CNC(=O)CC(C)(C)C.Cl. The van der Waals surface area contributed by atoms with Gasteiger partial charge >= 0.3 is 0 Å². The van der Waals surface area contributed by atoms with Gasteiger partial charge < -0.3 is 16.0 Å². The monoisotopic (exact) mass is 321 g/mol. The zero-order valence-electron chi connectivity index (χ0n) is 14.2. The molecule has 0 aromatic heterocycles. The van der Waals surface area contributed by atoms with Gasteiger partial charge in [-0.2, -0.15) is 0 Å². The maximum Gasteiger partial charge on any atom is 0.241 e. The van der Waals surface area contributed by atoms with Gasteiger partial charge in [0.05, 0.1) is 6.54 Å². The molecule has 0 aromatic carbocycles. The molecule has 0 aromatic rings. The Morgan fingerprint density at radius 2 is 1.76 bits per heavy atom. The molecule has 126 valence electrons. The average molecular weight is 322 g/mol. The molecular formula is C15H32ClN3O2. The third-order valence-corrected chi connectivity index (χ3v) is 3.21. The molecule has 1 atom stereocenters. The average Bonchev–Trinajstić information content (AvgIpc) is 2.30. The fraction of sp³-hybridized carbons (Fsp3) is 0.867. The number of amides is 2. The highest BCUT2D eigenvalue weighted by Crippen LogP contribution is 2.17. The molecule has 0 aliphatic rings. The Morgan fingerprint density at radius 1 is 1.24 bits per heavy atom. The van der Waals surface area contributed by atoms with Crippen molar-refractivity contribution < 1.29 is 9.59 Å². The van der Waals surface area contributed by atoms with Crippen LogP contribution in [0.4, 0.5) is 0 Å². The first kappa shape index (κ1) is 22.5. The van der Waals surface area contributed by atoms with Crippen LogP contribution in [0.2, 0.25) is 0 Å². The summed E-state index contributed by atoms with van der Waals surface area (Å²) in [4.78, 5) is 25.1. The van der Waals surface area contributed by atoms with E-state index >= 15 is 0 Å². The van der Waals surface area contributed by atoms with E-state index in [-0.39, 0.29) is 42.2 Å². The summed E-state index contributed by atoms with van der Waals surface area (Å²) in [6.07, 6.45) is 1.19. The van der Waals surface area contributed by atoms with Crippen molar-refractivity contribution in [3.05, 3.63) is 0 Å². The Bertz CT molecular complexity index is 327. The van der Waals surface area contributed by atoms with E-state index in [4.69, 9.17) is 5.73 Å². The lowest BCUT2D eigenvalue weighted by atomic mass is 9.92. The van der Waals surface area contributed by atoms with Crippen molar-refractivity contribution in [3.63, 3.8) is 0 Å². The van der Waals surface area contributed by atoms with E-state index in [0.717, 1.165) is 6.42 Å². The fourth-order valence-corrected chi connectivity index (χ4v) is 1.65. The number of hydrogen-bond acceptors (Lipinski definition) is 3. The Morgan fingerprint density at radius 3 is 2.19 bits per heavy atom. The fourth-order valence-electron chi connectivity index (χ4n) is 1.65. The van der Waals surface area contributed by atoms with Crippen molar-refractivity contribution in [1.29, 1.82) is 0 Å². The molecule has 1 unspecified atom stereocenters. The van der Waals surface area contributed by atoms with Crippen LogP contribution in [0.25, 0.3) is 0 Å². The molecule has 6 heteroatoms. The zero-order valence-corrected chi connectivity index (χ0v) is 15.0. The lowest BCUT2D eigenvalue weighted by Gasteiger charge is -2.22. The van der Waals surface area contributed by atoms with Gasteiger partial charge in [0, 0.05) is 26.1 Å². The highest BCUT2D eigenvalue weighted by Gasteiger charge is 2.17. The first-order valence-electron chi connectivity index (χ1n) is 7.29. The first-order valence-corrected chi connectivity index (χ1v) is 7.29. The molecule has 0 saturated heterocycles. The molecule has 0 aliphatic heterocycles. The molecule has 0 rings (SSSR count). The smallest absolute Gasteiger partial charge is 0.241 e. The van der Waals surface area contributed by atoms with Crippen molar-refractivity contribution in [2.45, 2.75) is 53.5 Å². The summed E-state index contributed by atoms with van der Waals surface area (Å²) in [5.41, 5.74) is 5.88. The van der Waals surface area contributed by atoms with Gasteiger partial charge in [-0.25, -0.2) is 0 Å². The van der Waals surface area contributed by atoms with E-state index in [1.807, 2.05) is 20.8 Å². The number of rotatable bonds is 7. The summed E-state index contributed by atoms with van der Waals surface area (Å²) < 4.78 is 0. The summed E-state index contributed by atoms with van der Waals surface area (Å²) in [6.45, 7) is 10.8. The van der Waals surface area contributed by atoms with Gasteiger partial charge in [-0.1, -0.05) is 34.6 Å². The highest BCUT2D eigenvalue weighted by atomic mass is 35.5. The number of halogens is 1. The summed E-state index contributed by atoms with van der Waals surface area (Å²) in [5.74, 6) is 0.242. The van der Waals surface area contributed by atoms with Gasteiger partial charge in [-0.15, -0.1) is 12.4 Å². The molecule has 5 nitrogen and oxygen atoms in total. The predicted octanol–water partition coefficient (Wildman–Crippen LogP) is 1.79. The number of nitrogens with one attached hydrogen (secondary N) is 1. The molecule has 0 spiro atoms. The normalized spacial score (nSPS) is 12.6. The lowest BCUT2D eigenvalue weighted by molar-refractivity contribution is -0.132. The van der Waals surface area contributed by atoms with Crippen molar-refractivity contribution in [1.82, 2.24) is 10.2 Å². The van der Waals surface area contributed by atoms with Gasteiger partial charge in [0.25, 0.3) is 0 Å². The first-order chi connectivity index (χ1) is 9.03. The minimum Gasteiger partial charge on any atom is -0.347 e. The maximum absolute atomic E-state index is 11.9. The van der Waals surface area contributed by atoms with Crippen LogP contribution in [0.3, 0.4) is 0 Å². The largest absolute Gasteiger partial charge is 0.347 e. The second kappa shape index (κ2) is 10.0. The summed E-state index contributed by atoms with van der Waals surface area (Å²) >= 11 is 0. The minimum absolute atomic E-state index is 0. The van der Waals surface area contributed by atoms with E-state index in [1.54, 1.807) is 11.9 Å². The summed E-state index contributed by atoms with van der Waals surface area (Å²) in [6, 6.07) is 0.0979. The summed E-state index contributed by atoms with van der Waals surface area (Å²) in [7, 11) is 1.74. The highest BCUT2D eigenvalue weighted by molar-refractivity contribution is 5.85. The Labute approximate surface area is 135 Å². The van der Waals surface area contributed by atoms with Gasteiger partial charge in [0.15, 0.2) is 0 Å². The Hall–Kier alpha value is -0.810. The van der Waals surface area contributed by atoms with Crippen LogP contribution in [0.1, 0.15) is 47.5 Å². The van der Waals surface area contributed by atoms with Crippen LogP contribution < -0.4 is 11.1 Å². The van der Waals surface area contributed by atoms with Crippen LogP contribution in [-0.2, 0) is 9.59 Å². The minimum atomic E-state index is -0.0851. The van der Waals surface area contributed by atoms with Crippen LogP contribution in [-0.4, -0.2) is 42.9 Å². The van der Waals surface area contributed by atoms with E-state index < -0.39 is 0 Å². The topological polar surface area (TPSA) is 75.4 Å². The number of carbonyl (C=O) groups excluding carboxylic acids is 2. The van der Waals surface area contributed by atoms with Gasteiger partial charge in [0.1, 0.15) is 0 Å². The van der Waals surface area contributed by atoms with Crippen LogP contribution in [0, 0.1) is 11.3 Å². The number of nitrogens with two attached hydrogens (primary N) is 1. The molecule has 2 amide bonds. The van der Waals surface area contributed by atoms with Crippen molar-refractivity contribution in [3.8, 4) is 0 Å². The molecule has 21 heavy (non-hydrogen) atoms. The zero-order chi connectivity index (χ0) is 15.9. The number of likely N-dealkylation sites (N-methyl/N-ethyl adjacent to an activating group) is 1. The molecule has 0 saturated carbocycles. The van der Waals surface area contributed by atoms with E-state index in [2.05, 4.69) is 19.2 Å². The third-order valence-electron chi connectivity index (χ3n) is 3.21. The molecule has 0 radical (unpaired) electrons. The number of nitrogens with zero attached hydrogens (tertiary/aromatic N) is 1. The Kier molecular flexibility index (Phi) is 10.7. The van der Waals surface area contributed by atoms with Gasteiger partial charge in [-0.3, -0.25) is 9.59 Å². The van der Waals surface area contributed by atoms with Gasteiger partial charge in [-0.05, 0) is 17.8 Å². The second-order valence-electron chi connectivity index (χ2n) is 7.03. The Balaban J connectivity index is 0. The van der Waals surface area contributed by atoms with Crippen LogP contribution in [0.5, 0.6) is 0 Å². The lowest BCUT2D eigenvalue weighted by Crippen LogP contribution is -2.41. The standard InChI is InChI=1S/C15H31N3O2.ClH/c1-11(2)12(16)7-8-18(6)14(20)10-17-13(19)9-15(3,4)5;/h11-12H,7-10,16H2,1-6H3,(H,17,19);1H. The molecular weight excluding hydrogens is 290 g/mol. The molecule has 0 aliphatic carbocycles. The van der Waals surface area contributed by atoms with Crippen molar-refractivity contribution in [2.75, 3.05) is 20.1 Å². The second-order valence-corrected chi connectivity index (χ2v) is 7.03. The van der Waals surface area contributed by atoms with Crippen molar-refractivity contribution in [2.24, 2.45) is 17.1 Å². The van der Waals surface area contributed by atoms with E-state index in [0.29, 0.717) is 18.9 Å². The molecule has 3 N–H and O–H groups in total. The third kappa shape index (κ3) is 11.5. The van der Waals surface area contributed by atoms with Crippen LogP contribution in [0.15, 0.2) is 0 Å². The maximum atomic E-state index is 11.9. The van der Waals surface area contributed by atoms with E-state index in [1.165, 1.54) is 0 Å². The molecule has 0 bridgehead atoms. The van der Waals surface area contributed by atoms with E-state index in [9.17, 15) is 9.59 Å².